The molecule has 1 aliphatic rings. The van der Waals surface area contributed by atoms with Crippen LogP contribution in [0.3, 0.4) is 0 Å². The Morgan fingerprint density at radius 2 is 2.18 bits per heavy atom. The van der Waals surface area contributed by atoms with E-state index in [-0.39, 0.29) is 5.91 Å². The van der Waals surface area contributed by atoms with Gasteiger partial charge < -0.3 is 15.6 Å². The number of allylic oxidation sites excluding steroid dienone is 1. The van der Waals surface area contributed by atoms with Crippen LogP contribution >= 0.6 is 0 Å². The van der Waals surface area contributed by atoms with Crippen LogP contribution in [0.25, 0.3) is 17.5 Å². The monoisotopic (exact) mass is 391 g/mol. The van der Waals surface area contributed by atoms with Crippen LogP contribution < -0.4 is 16.0 Å². The molecule has 3 rings (SSSR count). The van der Waals surface area contributed by atoms with Crippen molar-refractivity contribution in [1.82, 2.24) is 24.8 Å². The van der Waals surface area contributed by atoms with Gasteiger partial charge in [-0.1, -0.05) is 0 Å². The quantitative estimate of drug-likeness (QED) is 0.539. The Bertz CT molecular complexity index is 897. The maximum absolute atomic E-state index is 12.4. The fourth-order valence-corrected chi connectivity index (χ4v) is 2.86. The van der Waals surface area contributed by atoms with E-state index in [9.17, 15) is 13.6 Å². The summed E-state index contributed by atoms with van der Waals surface area (Å²) in [4.78, 5) is 31.1. The summed E-state index contributed by atoms with van der Waals surface area (Å²) in [6, 6.07) is 1.37. The topological polar surface area (TPSA) is 130 Å². The number of anilines is 1. The third kappa shape index (κ3) is 4.36. The lowest BCUT2D eigenvalue weighted by molar-refractivity contribution is -0.124. The van der Waals surface area contributed by atoms with E-state index in [1.165, 1.54) is 12.4 Å². The summed E-state index contributed by atoms with van der Waals surface area (Å²) in [7, 11) is 1.86. The number of nitrogens with one attached hydrogen (secondary N) is 1. The number of aromatic nitrogens is 4. The Labute approximate surface area is 159 Å². The number of nitrogens with zero attached hydrogens (tertiary/aromatic N) is 5. The summed E-state index contributed by atoms with van der Waals surface area (Å²) in [5.74, 6) is 0.643. The molecule has 3 heterocycles. The van der Waals surface area contributed by atoms with Crippen LogP contribution in [0, 0.1) is 0 Å². The van der Waals surface area contributed by atoms with Gasteiger partial charge in [-0.25, -0.2) is 15.0 Å². The van der Waals surface area contributed by atoms with Gasteiger partial charge in [0.05, 0.1) is 17.6 Å². The van der Waals surface area contributed by atoms with Gasteiger partial charge in [-0.2, -0.15) is 8.78 Å². The molecule has 0 saturated carbocycles. The van der Waals surface area contributed by atoms with E-state index in [0.29, 0.717) is 42.7 Å². The van der Waals surface area contributed by atoms with Crippen LogP contribution in [-0.2, 0) is 4.79 Å². The molecule has 1 fully saturated rings. The highest BCUT2D eigenvalue weighted by atomic mass is 19.3. The number of imidazole rings is 1. The lowest BCUT2D eigenvalue weighted by atomic mass is 10.1. The van der Waals surface area contributed by atoms with Crippen LogP contribution in [0.2, 0.25) is 0 Å². The highest BCUT2D eigenvalue weighted by Crippen LogP contribution is 2.21. The van der Waals surface area contributed by atoms with E-state index in [2.05, 4.69) is 19.9 Å². The van der Waals surface area contributed by atoms with Crippen molar-refractivity contribution in [3.8, 4) is 11.4 Å². The fourth-order valence-electron chi connectivity index (χ4n) is 2.86. The highest BCUT2D eigenvalue weighted by Gasteiger charge is 2.29. The molecular weight excluding hydrogens is 370 g/mol. The number of nitrogens with two attached hydrogens (primary N) is 2. The smallest absolute Gasteiger partial charge is 0.320 e. The first kappa shape index (κ1) is 19.5. The molecule has 9 nitrogen and oxygen atoms in total. The van der Waals surface area contributed by atoms with Gasteiger partial charge in [0.2, 0.25) is 11.6 Å². The SMILES string of the molecule is CN1CCN(c2cc(-c3cnc(/C=C\C(=[NH2+])C(F)F)[nH]3)ncn2)CC1C(N)=O. The largest absolute Gasteiger partial charge is 0.368 e. The molecule has 1 aliphatic heterocycles. The minimum atomic E-state index is -2.72. The average Bonchev–Trinajstić information content (AvgIpc) is 3.15. The average molecular weight is 391 g/mol. The van der Waals surface area contributed by atoms with Crippen LogP contribution in [-0.4, -0.2) is 75.6 Å². The normalized spacial score (nSPS) is 18.1. The second kappa shape index (κ2) is 8.21. The van der Waals surface area contributed by atoms with Crippen molar-refractivity contribution in [2.75, 3.05) is 31.6 Å². The minimum Gasteiger partial charge on any atom is -0.368 e. The van der Waals surface area contributed by atoms with Crippen molar-refractivity contribution < 1.29 is 19.0 Å². The molecule has 0 aromatic carbocycles. The zero-order chi connectivity index (χ0) is 20.3. The van der Waals surface area contributed by atoms with Gasteiger partial charge in [0.15, 0.2) is 0 Å². The molecule has 0 aliphatic carbocycles. The number of piperazine rings is 1. The number of primary amides is 1. The van der Waals surface area contributed by atoms with Crippen LogP contribution in [0.1, 0.15) is 5.82 Å². The molecule has 1 saturated heterocycles. The molecular formula is C17H21F2N8O+. The zero-order valence-electron chi connectivity index (χ0n) is 15.2. The van der Waals surface area contributed by atoms with Gasteiger partial charge in [-0.05, 0) is 13.1 Å². The Hall–Kier alpha value is -3.21. The molecule has 11 heteroatoms. The number of hydrogen-bond donors (Lipinski definition) is 3. The number of carbonyl (C=O) groups excluding carboxylic acids is 1. The maximum atomic E-state index is 12.4. The standard InChI is InChI=1S/C17H20F2N8O/c1-26-4-5-27(8-13(26)17(21)28)15-6-11(23-9-24-15)12-7-22-14(25-12)3-2-10(20)16(18)19/h2-3,6-7,9,13,16,20H,4-5,8H2,1H3,(H2,21,28)(H,22,25)/p+1/b3-2-,20-10?. The van der Waals surface area contributed by atoms with E-state index in [4.69, 9.17) is 11.1 Å². The van der Waals surface area contributed by atoms with Crippen LogP contribution in [0.5, 0.6) is 0 Å². The number of amides is 1. The molecule has 1 atom stereocenters. The maximum Gasteiger partial charge on any atom is 0.320 e. The minimum absolute atomic E-state index is 0.368. The first-order chi connectivity index (χ1) is 13.3. The zero-order valence-corrected chi connectivity index (χ0v) is 15.2. The summed E-state index contributed by atoms with van der Waals surface area (Å²) in [6.07, 6.45) is 2.71. The van der Waals surface area contributed by atoms with Crippen LogP contribution in [0.15, 0.2) is 24.7 Å². The first-order valence-electron chi connectivity index (χ1n) is 8.55. The van der Waals surface area contributed by atoms with Crippen molar-refractivity contribution in [1.29, 1.82) is 0 Å². The Balaban J connectivity index is 1.77. The number of halogens is 2. The summed E-state index contributed by atoms with van der Waals surface area (Å²) in [6.45, 7) is 1.80. The highest BCUT2D eigenvalue weighted by molar-refractivity contribution is 5.95. The molecule has 148 valence electrons. The second-order valence-electron chi connectivity index (χ2n) is 6.42. The van der Waals surface area contributed by atoms with Gasteiger partial charge in [0.1, 0.15) is 24.0 Å². The van der Waals surface area contributed by atoms with Crippen molar-refractivity contribution in [3.63, 3.8) is 0 Å². The van der Waals surface area contributed by atoms with E-state index in [1.807, 2.05) is 16.8 Å². The Kier molecular flexibility index (Phi) is 5.73. The third-order valence-electron chi connectivity index (χ3n) is 4.51. The second-order valence-corrected chi connectivity index (χ2v) is 6.42. The summed E-state index contributed by atoms with van der Waals surface area (Å²) < 4.78 is 24.9. The van der Waals surface area contributed by atoms with Gasteiger partial charge in [-0.15, -0.1) is 0 Å². The number of aromatic amines is 1. The first-order valence-corrected chi connectivity index (χ1v) is 8.55. The van der Waals surface area contributed by atoms with Gasteiger partial charge in [0, 0.05) is 31.8 Å². The lowest BCUT2D eigenvalue weighted by Crippen LogP contribution is -2.57. The third-order valence-corrected chi connectivity index (χ3v) is 4.51. The van der Waals surface area contributed by atoms with Crippen LogP contribution in [0.4, 0.5) is 14.6 Å². The van der Waals surface area contributed by atoms with Crippen molar-refractivity contribution in [2.24, 2.45) is 5.73 Å². The number of H-pyrrole nitrogens is 1. The number of rotatable bonds is 6. The molecule has 28 heavy (non-hydrogen) atoms. The van der Waals surface area contributed by atoms with Gasteiger partial charge >= 0.3 is 6.43 Å². The predicted octanol–water partition coefficient (Wildman–Crippen LogP) is -1.05. The van der Waals surface area contributed by atoms with E-state index in [1.54, 1.807) is 12.3 Å². The molecule has 0 spiro atoms. The molecule has 0 radical (unpaired) electrons. The summed E-state index contributed by atoms with van der Waals surface area (Å²) >= 11 is 0. The predicted molar refractivity (Wildman–Crippen MR) is 99.4 cm³/mol. The molecule has 0 bridgehead atoms. The molecule has 1 amide bonds. The van der Waals surface area contributed by atoms with E-state index < -0.39 is 18.2 Å². The van der Waals surface area contributed by atoms with Crippen molar-refractivity contribution in [3.05, 3.63) is 30.5 Å². The molecule has 1 unspecified atom stereocenters. The Morgan fingerprint density at radius 3 is 2.89 bits per heavy atom. The number of hydrogen-bond acceptors (Lipinski definition) is 6. The molecule has 2 aromatic heterocycles. The fraction of sp³-hybridized carbons (Fsp3) is 0.353. The number of likely N-dealkylation sites (N-methyl/N-ethyl adjacent to an activating group) is 1. The van der Waals surface area contributed by atoms with Crippen molar-refractivity contribution in [2.45, 2.75) is 12.5 Å². The van der Waals surface area contributed by atoms with E-state index in [0.717, 1.165) is 6.08 Å². The van der Waals surface area contributed by atoms with Gasteiger partial charge in [0.25, 0.3) is 0 Å². The number of carbonyl (C=O) groups is 1. The lowest BCUT2D eigenvalue weighted by Gasteiger charge is -2.38. The van der Waals surface area contributed by atoms with Crippen molar-refractivity contribution >= 4 is 23.5 Å². The summed E-state index contributed by atoms with van der Waals surface area (Å²) in [5, 5.41) is 5.20. The molecule has 2 aromatic rings. The summed E-state index contributed by atoms with van der Waals surface area (Å²) in [5.41, 5.74) is 6.11. The van der Waals surface area contributed by atoms with Gasteiger partial charge in [-0.3, -0.25) is 15.1 Å². The Morgan fingerprint density at radius 1 is 1.39 bits per heavy atom. The molecule has 5 N–H and O–H groups in total. The number of alkyl halides is 2. The van der Waals surface area contributed by atoms with E-state index >= 15 is 0 Å².